The molecule has 2 aromatic rings. The summed E-state index contributed by atoms with van der Waals surface area (Å²) in [4.78, 5) is 12.4. The number of benzene rings is 1. The van der Waals surface area contributed by atoms with E-state index in [1.807, 2.05) is 12.1 Å². The highest BCUT2D eigenvalue weighted by molar-refractivity contribution is 6.03. The molecule has 4 nitrogen and oxygen atoms in total. The van der Waals surface area contributed by atoms with E-state index < -0.39 is 0 Å². The van der Waals surface area contributed by atoms with Gasteiger partial charge < -0.3 is 5.32 Å². The molecule has 1 aliphatic rings. The molecule has 0 saturated heterocycles. The standard InChI is InChI=1S/C17H21N3O/c1-10-6-5-7-12(11(10)2)18-16-15-13(19-20-16)8-17(3,4)9-14(15)21/h5-7H,8-9H2,1-4H3,(H2,18,19,20). The average Bonchev–Trinajstić information content (AvgIpc) is 2.76. The second-order valence-electron chi connectivity index (χ2n) is 6.74. The Hall–Kier alpha value is -2.10. The van der Waals surface area contributed by atoms with E-state index in [1.54, 1.807) is 0 Å². The normalized spacial score (nSPS) is 16.7. The molecule has 1 heterocycles. The molecule has 3 rings (SSSR count). The molecule has 1 aliphatic carbocycles. The predicted molar refractivity (Wildman–Crippen MR) is 84.2 cm³/mol. The lowest BCUT2D eigenvalue weighted by Crippen LogP contribution is -2.26. The summed E-state index contributed by atoms with van der Waals surface area (Å²) in [6, 6.07) is 6.10. The van der Waals surface area contributed by atoms with Crippen molar-refractivity contribution in [3.05, 3.63) is 40.6 Å². The maximum absolute atomic E-state index is 12.4. The maximum atomic E-state index is 12.4. The molecule has 0 saturated carbocycles. The van der Waals surface area contributed by atoms with Gasteiger partial charge in [-0.15, -0.1) is 0 Å². The van der Waals surface area contributed by atoms with Gasteiger partial charge in [-0.2, -0.15) is 5.10 Å². The van der Waals surface area contributed by atoms with Gasteiger partial charge >= 0.3 is 0 Å². The van der Waals surface area contributed by atoms with Crippen LogP contribution < -0.4 is 5.32 Å². The van der Waals surface area contributed by atoms with Gasteiger partial charge in [0.15, 0.2) is 11.6 Å². The first-order valence-corrected chi connectivity index (χ1v) is 7.31. The molecule has 0 radical (unpaired) electrons. The van der Waals surface area contributed by atoms with Crippen molar-refractivity contribution in [1.29, 1.82) is 0 Å². The number of aromatic amines is 1. The zero-order valence-corrected chi connectivity index (χ0v) is 13.0. The molecule has 0 spiro atoms. The van der Waals surface area contributed by atoms with Gasteiger partial charge in [0.1, 0.15) is 0 Å². The van der Waals surface area contributed by atoms with Gasteiger partial charge in [-0.05, 0) is 42.9 Å². The number of carbonyl (C=O) groups excluding carboxylic acids is 1. The van der Waals surface area contributed by atoms with E-state index in [0.717, 1.165) is 23.4 Å². The monoisotopic (exact) mass is 283 g/mol. The first-order chi connectivity index (χ1) is 9.87. The minimum Gasteiger partial charge on any atom is -0.338 e. The van der Waals surface area contributed by atoms with E-state index in [1.165, 1.54) is 11.1 Å². The summed E-state index contributed by atoms with van der Waals surface area (Å²) < 4.78 is 0. The molecule has 0 fully saturated rings. The highest BCUT2D eigenvalue weighted by Crippen LogP contribution is 2.37. The highest BCUT2D eigenvalue weighted by atomic mass is 16.1. The summed E-state index contributed by atoms with van der Waals surface area (Å²) in [5, 5.41) is 10.7. The van der Waals surface area contributed by atoms with Gasteiger partial charge in [0.25, 0.3) is 0 Å². The van der Waals surface area contributed by atoms with Crippen LogP contribution >= 0.6 is 0 Å². The molecular weight excluding hydrogens is 262 g/mol. The largest absolute Gasteiger partial charge is 0.338 e. The number of H-pyrrole nitrogens is 1. The van der Waals surface area contributed by atoms with Crippen molar-refractivity contribution < 1.29 is 4.79 Å². The van der Waals surface area contributed by atoms with Gasteiger partial charge in [-0.25, -0.2) is 0 Å². The second kappa shape index (κ2) is 4.72. The van der Waals surface area contributed by atoms with E-state index in [0.29, 0.717) is 12.2 Å². The Labute approximate surface area is 125 Å². The van der Waals surface area contributed by atoms with Crippen LogP contribution in [0.25, 0.3) is 0 Å². The number of nitrogens with one attached hydrogen (secondary N) is 2. The molecule has 1 aromatic heterocycles. The van der Waals surface area contributed by atoms with Gasteiger partial charge in [0.05, 0.1) is 5.56 Å². The number of rotatable bonds is 2. The van der Waals surface area contributed by atoms with Crippen LogP contribution in [0, 0.1) is 19.3 Å². The van der Waals surface area contributed by atoms with Crippen LogP contribution in [-0.4, -0.2) is 16.0 Å². The molecule has 0 bridgehead atoms. The van der Waals surface area contributed by atoms with E-state index in [4.69, 9.17) is 0 Å². The van der Waals surface area contributed by atoms with Crippen molar-refractivity contribution in [3.8, 4) is 0 Å². The Morgan fingerprint density at radius 3 is 2.76 bits per heavy atom. The molecule has 110 valence electrons. The summed E-state index contributed by atoms with van der Waals surface area (Å²) in [5.74, 6) is 0.821. The molecule has 0 atom stereocenters. The first kappa shape index (κ1) is 13.9. The first-order valence-electron chi connectivity index (χ1n) is 7.31. The van der Waals surface area contributed by atoms with Crippen LogP contribution in [-0.2, 0) is 6.42 Å². The Morgan fingerprint density at radius 2 is 2.00 bits per heavy atom. The topological polar surface area (TPSA) is 57.8 Å². The van der Waals surface area contributed by atoms with Crippen molar-refractivity contribution in [2.45, 2.75) is 40.5 Å². The Bertz CT molecular complexity index is 713. The third-order valence-electron chi connectivity index (χ3n) is 4.27. The zero-order valence-electron chi connectivity index (χ0n) is 13.0. The molecule has 0 amide bonds. The molecule has 1 aromatic carbocycles. The summed E-state index contributed by atoms with van der Waals surface area (Å²) in [6.45, 7) is 8.38. The van der Waals surface area contributed by atoms with Crippen molar-refractivity contribution >= 4 is 17.3 Å². The zero-order chi connectivity index (χ0) is 15.2. The number of Topliss-reactive ketones (excluding diaryl/α,β-unsaturated/α-hetero) is 1. The van der Waals surface area contributed by atoms with Crippen LogP contribution in [0.3, 0.4) is 0 Å². The van der Waals surface area contributed by atoms with Crippen LogP contribution in [0.2, 0.25) is 0 Å². The third kappa shape index (κ3) is 2.46. The molecule has 21 heavy (non-hydrogen) atoms. The SMILES string of the molecule is Cc1cccc(Nc2n[nH]c3c2C(=O)CC(C)(C)C3)c1C. The van der Waals surface area contributed by atoms with E-state index in [2.05, 4.69) is 49.3 Å². The number of nitrogens with zero attached hydrogens (tertiary/aromatic N) is 1. The average molecular weight is 283 g/mol. The third-order valence-corrected chi connectivity index (χ3v) is 4.27. The minimum absolute atomic E-state index is 0.00708. The van der Waals surface area contributed by atoms with Gasteiger partial charge in [0, 0.05) is 17.8 Å². The van der Waals surface area contributed by atoms with Crippen molar-refractivity contribution in [2.24, 2.45) is 5.41 Å². The number of hydrogen-bond acceptors (Lipinski definition) is 3. The van der Waals surface area contributed by atoms with Crippen LogP contribution in [0.5, 0.6) is 0 Å². The quantitative estimate of drug-likeness (QED) is 0.878. The smallest absolute Gasteiger partial charge is 0.169 e. The lowest BCUT2D eigenvalue weighted by molar-refractivity contribution is 0.0912. The number of ketones is 1. The van der Waals surface area contributed by atoms with Crippen LogP contribution in [0.15, 0.2) is 18.2 Å². The van der Waals surface area contributed by atoms with Crippen molar-refractivity contribution in [3.63, 3.8) is 0 Å². The fourth-order valence-corrected chi connectivity index (χ4v) is 2.97. The van der Waals surface area contributed by atoms with E-state index >= 15 is 0 Å². The number of carbonyl (C=O) groups is 1. The van der Waals surface area contributed by atoms with Gasteiger partial charge in [-0.1, -0.05) is 26.0 Å². The fraction of sp³-hybridized carbons (Fsp3) is 0.412. The fourth-order valence-electron chi connectivity index (χ4n) is 2.97. The summed E-state index contributed by atoms with van der Waals surface area (Å²) in [5.41, 5.74) is 5.09. The number of hydrogen-bond donors (Lipinski definition) is 2. The van der Waals surface area contributed by atoms with E-state index in [-0.39, 0.29) is 11.2 Å². The van der Waals surface area contributed by atoms with E-state index in [9.17, 15) is 4.79 Å². The van der Waals surface area contributed by atoms with Crippen molar-refractivity contribution in [2.75, 3.05) is 5.32 Å². The summed E-state index contributed by atoms with van der Waals surface area (Å²) in [6.07, 6.45) is 1.43. The number of aromatic nitrogens is 2. The molecular formula is C17H21N3O. The Kier molecular flexibility index (Phi) is 3.12. The van der Waals surface area contributed by atoms with Gasteiger partial charge in [0.2, 0.25) is 0 Å². The number of anilines is 2. The molecule has 2 N–H and O–H groups in total. The Balaban J connectivity index is 1.97. The number of aryl methyl sites for hydroxylation is 1. The summed E-state index contributed by atoms with van der Waals surface area (Å²) >= 11 is 0. The molecule has 4 heteroatoms. The molecule has 0 unspecified atom stereocenters. The second-order valence-corrected chi connectivity index (χ2v) is 6.74. The lowest BCUT2D eigenvalue weighted by Gasteiger charge is -2.27. The van der Waals surface area contributed by atoms with Crippen molar-refractivity contribution in [1.82, 2.24) is 10.2 Å². The predicted octanol–water partition coefficient (Wildman–Crippen LogP) is 3.93. The molecule has 0 aliphatic heterocycles. The number of fused-ring (bicyclic) bond motifs is 1. The van der Waals surface area contributed by atoms with Crippen LogP contribution in [0.4, 0.5) is 11.5 Å². The maximum Gasteiger partial charge on any atom is 0.169 e. The van der Waals surface area contributed by atoms with Crippen LogP contribution in [0.1, 0.15) is 47.4 Å². The minimum atomic E-state index is 0.00708. The summed E-state index contributed by atoms with van der Waals surface area (Å²) in [7, 11) is 0. The lowest BCUT2D eigenvalue weighted by atomic mass is 9.76. The highest BCUT2D eigenvalue weighted by Gasteiger charge is 2.34. The van der Waals surface area contributed by atoms with Gasteiger partial charge in [-0.3, -0.25) is 9.89 Å². The Morgan fingerprint density at radius 1 is 1.24 bits per heavy atom.